The summed E-state index contributed by atoms with van der Waals surface area (Å²) in [7, 11) is 0. The predicted molar refractivity (Wildman–Crippen MR) is 113 cm³/mol. The molecule has 1 atom stereocenters. The quantitative estimate of drug-likeness (QED) is 0.435. The summed E-state index contributed by atoms with van der Waals surface area (Å²) >= 11 is 0. The molecule has 0 fully saturated rings. The van der Waals surface area contributed by atoms with E-state index in [1.807, 2.05) is 12.2 Å². The molecule has 0 heterocycles. The number of allylic oxidation sites excluding steroid dienone is 9. The van der Waals surface area contributed by atoms with Crippen LogP contribution in [0.25, 0.3) is 0 Å². The average Bonchev–Trinajstić information content (AvgIpc) is 2.53. The Hall–Kier alpha value is -2.40. The molecule has 0 saturated heterocycles. The first-order chi connectivity index (χ1) is 12.9. The van der Waals surface area contributed by atoms with Crippen LogP contribution in [0.2, 0.25) is 0 Å². The SMILES string of the molecule is CC(O)C(=O)O.CC1=C(/C=C/C(C)=C/C=C/C(C)=C/C(=O)O)C(C)(C)CCC1. The molecule has 5 nitrogen and oxygen atoms in total. The van der Waals surface area contributed by atoms with E-state index < -0.39 is 18.0 Å². The number of carbonyl (C=O) groups is 2. The monoisotopic (exact) mass is 390 g/mol. The van der Waals surface area contributed by atoms with Crippen molar-refractivity contribution in [1.29, 1.82) is 0 Å². The number of aliphatic hydroxyl groups is 1. The Morgan fingerprint density at radius 3 is 2.14 bits per heavy atom. The van der Waals surface area contributed by atoms with Crippen molar-refractivity contribution in [3.8, 4) is 0 Å². The van der Waals surface area contributed by atoms with Gasteiger partial charge >= 0.3 is 11.9 Å². The molecule has 1 aliphatic rings. The zero-order valence-corrected chi connectivity index (χ0v) is 17.8. The van der Waals surface area contributed by atoms with Crippen molar-refractivity contribution < 1.29 is 24.9 Å². The van der Waals surface area contributed by atoms with E-state index in [4.69, 9.17) is 15.3 Å². The third-order valence-corrected chi connectivity index (χ3v) is 4.48. The van der Waals surface area contributed by atoms with E-state index in [0.29, 0.717) is 0 Å². The van der Waals surface area contributed by atoms with Crippen LogP contribution in [-0.2, 0) is 9.59 Å². The van der Waals surface area contributed by atoms with E-state index in [2.05, 4.69) is 39.8 Å². The van der Waals surface area contributed by atoms with Gasteiger partial charge in [-0.2, -0.15) is 0 Å². The van der Waals surface area contributed by atoms with Crippen molar-refractivity contribution in [2.75, 3.05) is 0 Å². The number of hydrogen-bond donors (Lipinski definition) is 3. The van der Waals surface area contributed by atoms with Crippen molar-refractivity contribution in [3.05, 3.63) is 58.7 Å². The number of carboxylic acids is 2. The summed E-state index contributed by atoms with van der Waals surface area (Å²) < 4.78 is 0. The topological polar surface area (TPSA) is 94.8 Å². The van der Waals surface area contributed by atoms with E-state index in [1.165, 1.54) is 43.4 Å². The number of aliphatic hydroxyl groups excluding tert-OH is 1. The minimum atomic E-state index is -1.23. The molecule has 5 heteroatoms. The fraction of sp³-hybridized carbons (Fsp3) is 0.478. The third-order valence-electron chi connectivity index (χ3n) is 4.48. The summed E-state index contributed by atoms with van der Waals surface area (Å²) in [5.41, 5.74) is 5.09. The Morgan fingerprint density at radius 1 is 1.11 bits per heavy atom. The molecule has 156 valence electrons. The lowest BCUT2D eigenvalue weighted by Gasteiger charge is -2.32. The van der Waals surface area contributed by atoms with Crippen molar-refractivity contribution >= 4 is 11.9 Å². The highest BCUT2D eigenvalue weighted by molar-refractivity contribution is 5.81. The molecule has 0 aliphatic heterocycles. The highest BCUT2D eigenvalue weighted by Crippen LogP contribution is 2.40. The largest absolute Gasteiger partial charge is 0.479 e. The lowest BCUT2D eigenvalue weighted by molar-refractivity contribution is -0.145. The molecule has 0 radical (unpaired) electrons. The Balaban J connectivity index is 0.00000105. The van der Waals surface area contributed by atoms with Gasteiger partial charge in [0.1, 0.15) is 6.10 Å². The Labute approximate surface area is 168 Å². The fourth-order valence-electron chi connectivity index (χ4n) is 2.88. The van der Waals surface area contributed by atoms with Crippen molar-refractivity contribution in [2.45, 2.75) is 66.9 Å². The smallest absolute Gasteiger partial charge is 0.332 e. The first kappa shape index (κ1) is 25.6. The second-order valence-electron chi connectivity index (χ2n) is 7.78. The Bertz CT molecular complexity index is 701. The number of aliphatic carboxylic acids is 2. The van der Waals surface area contributed by atoms with Gasteiger partial charge < -0.3 is 15.3 Å². The second kappa shape index (κ2) is 12.1. The molecular weight excluding hydrogens is 356 g/mol. The molecule has 1 rings (SSSR count). The summed E-state index contributed by atoms with van der Waals surface area (Å²) in [6, 6.07) is 0. The van der Waals surface area contributed by atoms with Crippen molar-refractivity contribution in [3.63, 3.8) is 0 Å². The normalized spacial score (nSPS) is 18.8. The molecule has 0 aromatic carbocycles. The van der Waals surface area contributed by atoms with E-state index in [9.17, 15) is 9.59 Å². The summed E-state index contributed by atoms with van der Waals surface area (Å²) in [6.07, 6.45) is 13.8. The first-order valence-corrected chi connectivity index (χ1v) is 9.42. The van der Waals surface area contributed by atoms with Gasteiger partial charge in [0.05, 0.1) is 0 Å². The molecule has 1 unspecified atom stereocenters. The van der Waals surface area contributed by atoms with Gasteiger partial charge in [-0.3, -0.25) is 0 Å². The van der Waals surface area contributed by atoms with Gasteiger partial charge in [0.2, 0.25) is 0 Å². The summed E-state index contributed by atoms with van der Waals surface area (Å²) in [5.74, 6) is -2.10. The number of hydrogen-bond acceptors (Lipinski definition) is 3. The van der Waals surface area contributed by atoms with Gasteiger partial charge in [0, 0.05) is 6.08 Å². The molecule has 0 aromatic rings. The van der Waals surface area contributed by atoms with Crippen LogP contribution in [0.3, 0.4) is 0 Å². The van der Waals surface area contributed by atoms with Gasteiger partial charge in [-0.25, -0.2) is 9.59 Å². The highest BCUT2D eigenvalue weighted by Gasteiger charge is 2.26. The molecule has 0 aromatic heterocycles. The van der Waals surface area contributed by atoms with Crippen molar-refractivity contribution in [1.82, 2.24) is 0 Å². The first-order valence-electron chi connectivity index (χ1n) is 9.42. The molecule has 3 N–H and O–H groups in total. The van der Waals surface area contributed by atoms with E-state index in [1.54, 1.807) is 13.0 Å². The van der Waals surface area contributed by atoms with E-state index >= 15 is 0 Å². The van der Waals surface area contributed by atoms with Crippen LogP contribution in [0.5, 0.6) is 0 Å². The van der Waals surface area contributed by atoms with Crippen LogP contribution in [0.15, 0.2) is 58.7 Å². The Kier molecular flexibility index (Phi) is 11.1. The van der Waals surface area contributed by atoms with Gasteiger partial charge in [-0.1, -0.05) is 55.4 Å². The van der Waals surface area contributed by atoms with Crippen molar-refractivity contribution in [2.24, 2.45) is 5.41 Å². The molecule has 0 amide bonds. The molecule has 0 spiro atoms. The van der Waals surface area contributed by atoms with Crippen LogP contribution in [0, 0.1) is 5.41 Å². The average molecular weight is 391 g/mol. The summed E-state index contributed by atoms with van der Waals surface area (Å²) in [6.45, 7) is 11.9. The van der Waals surface area contributed by atoms with Gasteiger partial charge in [0.25, 0.3) is 0 Å². The van der Waals surface area contributed by atoms with Gasteiger partial charge in [-0.05, 0) is 63.5 Å². The molecule has 0 bridgehead atoms. The maximum Gasteiger partial charge on any atom is 0.332 e. The van der Waals surface area contributed by atoms with Gasteiger partial charge in [0.15, 0.2) is 0 Å². The molecule has 0 saturated carbocycles. The number of carboxylic acid groups (broad SMARTS) is 2. The molecular formula is C23H34O5. The Morgan fingerprint density at radius 2 is 1.68 bits per heavy atom. The minimum absolute atomic E-state index is 0.260. The van der Waals surface area contributed by atoms with Crippen LogP contribution in [-0.4, -0.2) is 33.4 Å². The lowest BCUT2D eigenvalue weighted by Crippen LogP contribution is -2.19. The molecule has 28 heavy (non-hydrogen) atoms. The lowest BCUT2D eigenvalue weighted by atomic mass is 9.72. The zero-order valence-electron chi connectivity index (χ0n) is 17.8. The highest BCUT2D eigenvalue weighted by atomic mass is 16.4. The predicted octanol–water partition coefficient (Wildman–Crippen LogP) is 5.05. The maximum atomic E-state index is 10.5. The third kappa shape index (κ3) is 10.7. The summed E-state index contributed by atoms with van der Waals surface area (Å²) in [5, 5.41) is 24.4. The minimum Gasteiger partial charge on any atom is -0.479 e. The van der Waals surface area contributed by atoms with Gasteiger partial charge in [-0.15, -0.1) is 0 Å². The van der Waals surface area contributed by atoms with E-state index in [0.717, 1.165) is 11.1 Å². The van der Waals surface area contributed by atoms with Crippen LogP contribution in [0.1, 0.15) is 60.8 Å². The standard InChI is InChI=1S/C20H28O2.C3H6O3/c1-15(8-6-9-16(2)14-19(21)22)11-12-18-17(3)10-7-13-20(18,4)5;1-2(4)3(5)6/h6,8-9,11-12,14H,7,10,13H2,1-5H3,(H,21,22);2,4H,1H3,(H,5,6)/b9-6+,12-11+,15-8+,16-14+;. The fourth-order valence-corrected chi connectivity index (χ4v) is 2.88. The summed E-state index contributed by atoms with van der Waals surface area (Å²) in [4.78, 5) is 20.0. The van der Waals surface area contributed by atoms with Crippen LogP contribution in [0.4, 0.5) is 0 Å². The van der Waals surface area contributed by atoms with E-state index in [-0.39, 0.29) is 5.41 Å². The molecule has 1 aliphatic carbocycles. The zero-order chi connectivity index (χ0) is 21.9. The maximum absolute atomic E-state index is 10.5. The second-order valence-corrected chi connectivity index (χ2v) is 7.78. The van der Waals surface area contributed by atoms with Crippen LogP contribution < -0.4 is 0 Å². The van der Waals surface area contributed by atoms with Crippen LogP contribution >= 0.6 is 0 Å². The number of rotatable bonds is 6.